The van der Waals surface area contributed by atoms with Gasteiger partial charge in [-0.05, 0) is 11.6 Å². The Morgan fingerprint density at radius 3 is 2.35 bits per heavy atom. The molecule has 0 saturated heterocycles. The molecule has 0 aliphatic heterocycles. The van der Waals surface area contributed by atoms with Crippen LogP contribution in [0.1, 0.15) is 11.1 Å². The Morgan fingerprint density at radius 2 is 1.76 bits per heavy atom. The van der Waals surface area contributed by atoms with Crippen LogP contribution in [0.2, 0.25) is 0 Å². The molecule has 12 nitrogen and oxygen atoms in total. The number of nitrogens with zero attached hydrogens (tertiary/aromatic N) is 1. The van der Waals surface area contributed by atoms with Gasteiger partial charge in [0.15, 0.2) is 0 Å². The number of hydrogen-bond donors (Lipinski definition) is 3. The second-order valence-electron chi connectivity index (χ2n) is 6.98. The summed E-state index contributed by atoms with van der Waals surface area (Å²) in [6.45, 7) is -0.829. The van der Waals surface area contributed by atoms with Crippen molar-refractivity contribution < 1.29 is 38.6 Å². The molecule has 0 spiro atoms. The fourth-order valence-corrected chi connectivity index (χ4v) is 2.97. The van der Waals surface area contributed by atoms with Crippen molar-refractivity contribution in [2.24, 2.45) is 0 Å². The number of nitro groups is 1. The van der Waals surface area contributed by atoms with Gasteiger partial charge in [-0.15, -0.1) is 0 Å². The number of methoxy groups -OCH3 is 2. The van der Waals surface area contributed by atoms with Crippen molar-refractivity contribution in [2.45, 2.75) is 25.1 Å². The summed E-state index contributed by atoms with van der Waals surface area (Å²) in [4.78, 5) is 47.5. The molecular weight excluding hydrogens is 450 g/mol. The van der Waals surface area contributed by atoms with Gasteiger partial charge in [0, 0.05) is 24.1 Å². The maximum Gasteiger partial charge on any atom is 0.408 e. The first-order valence-corrected chi connectivity index (χ1v) is 10.1. The number of carbonyl (C=O) groups excluding carboxylic acids is 3. The van der Waals surface area contributed by atoms with Crippen LogP contribution >= 0.6 is 0 Å². The molecule has 2 aromatic rings. The van der Waals surface area contributed by atoms with Gasteiger partial charge in [0.1, 0.15) is 24.4 Å². The van der Waals surface area contributed by atoms with Crippen LogP contribution in [0.3, 0.4) is 0 Å². The van der Waals surface area contributed by atoms with E-state index < -0.39 is 41.6 Å². The number of benzene rings is 2. The molecule has 0 bridgehead atoms. The van der Waals surface area contributed by atoms with Crippen molar-refractivity contribution in [3.05, 3.63) is 69.8 Å². The third-order valence-corrected chi connectivity index (χ3v) is 4.70. The first-order valence-electron chi connectivity index (χ1n) is 10.1. The van der Waals surface area contributed by atoms with Gasteiger partial charge >= 0.3 is 12.1 Å². The highest BCUT2D eigenvalue weighted by Gasteiger charge is 2.29. The molecule has 34 heavy (non-hydrogen) atoms. The number of alkyl carbamates (subject to hydrolysis) is 1. The summed E-state index contributed by atoms with van der Waals surface area (Å²) in [5.41, 5.74) is 0.754. The number of nitro benzene ring substituents is 1. The third kappa shape index (κ3) is 7.45. The average Bonchev–Trinajstić information content (AvgIpc) is 2.85. The standard InChI is InChI=1S/C22H25N3O9/c1-32-19-9-8-16(25(30)31)10-15(19)11-17(21(28)33-2)23-20(27)18(12-26)24-22(29)34-13-14-6-4-3-5-7-14/h3-10,17-18,26H,11-13H2,1-2H3,(H,23,27)(H,24,29)/t17-,18+/m1/s1. The highest BCUT2D eigenvalue weighted by atomic mass is 16.6. The van der Waals surface area contributed by atoms with E-state index in [1.807, 2.05) is 0 Å². The summed E-state index contributed by atoms with van der Waals surface area (Å²) in [5.74, 6) is -1.47. The molecule has 2 atom stereocenters. The number of carbonyl (C=O) groups is 3. The van der Waals surface area contributed by atoms with Crippen LogP contribution in [-0.2, 0) is 32.1 Å². The second-order valence-corrected chi connectivity index (χ2v) is 6.98. The highest BCUT2D eigenvalue weighted by molar-refractivity contribution is 5.90. The topological polar surface area (TPSA) is 166 Å². The van der Waals surface area contributed by atoms with Crippen molar-refractivity contribution in [2.75, 3.05) is 20.8 Å². The minimum atomic E-state index is -1.43. The van der Waals surface area contributed by atoms with E-state index in [1.165, 1.54) is 25.3 Å². The Kier molecular flexibility index (Phi) is 9.77. The Hall–Kier alpha value is -4.19. The lowest BCUT2D eigenvalue weighted by atomic mass is 10.0. The van der Waals surface area contributed by atoms with Crippen molar-refractivity contribution in [1.29, 1.82) is 0 Å². The number of esters is 1. The number of ether oxygens (including phenoxy) is 3. The minimum Gasteiger partial charge on any atom is -0.496 e. The van der Waals surface area contributed by atoms with E-state index in [-0.39, 0.29) is 30.0 Å². The first kappa shape index (κ1) is 26.1. The maximum atomic E-state index is 12.6. The maximum absolute atomic E-state index is 12.6. The zero-order chi connectivity index (χ0) is 25.1. The van der Waals surface area contributed by atoms with E-state index in [9.17, 15) is 29.6 Å². The number of nitrogens with one attached hydrogen (secondary N) is 2. The summed E-state index contributed by atoms with van der Waals surface area (Å²) in [6.07, 6.45) is -1.16. The van der Waals surface area contributed by atoms with Crippen LogP contribution in [0.15, 0.2) is 48.5 Å². The molecule has 0 aliphatic carbocycles. The molecule has 0 aromatic heterocycles. The summed E-state index contributed by atoms with van der Waals surface area (Å²) in [7, 11) is 2.46. The van der Waals surface area contributed by atoms with E-state index in [0.717, 1.165) is 12.7 Å². The molecule has 0 aliphatic rings. The minimum absolute atomic E-state index is 0.0518. The van der Waals surface area contributed by atoms with Crippen LogP contribution < -0.4 is 15.4 Å². The summed E-state index contributed by atoms with van der Waals surface area (Å²) in [6, 6.07) is 9.92. The third-order valence-electron chi connectivity index (χ3n) is 4.70. The fraction of sp³-hybridized carbons (Fsp3) is 0.318. The van der Waals surface area contributed by atoms with E-state index in [2.05, 4.69) is 10.6 Å². The van der Waals surface area contributed by atoms with E-state index >= 15 is 0 Å². The van der Waals surface area contributed by atoms with Crippen molar-refractivity contribution in [3.63, 3.8) is 0 Å². The molecule has 2 aromatic carbocycles. The van der Waals surface area contributed by atoms with Crippen molar-refractivity contribution in [1.82, 2.24) is 10.6 Å². The lowest BCUT2D eigenvalue weighted by Crippen LogP contribution is -2.54. The van der Waals surface area contributed by atoms with Gasteiger partial charge < -0.3 is 30.0 Å². The van der Waals surface area contributed by atoms with Gasteiger partial charge in [-0.3, -0.25) is 14.9 Å². The number of rotatable bonds is 11. The Labute approximate surface area is 195 Å². The van der Waals surface area contributed by atoms with Crippen molar-refractivity contribution in [3.8, 4) is 5.75 Å². The van der Waals surface area contributed by atoms with E-state index in [0.29, 0.717) is 0 Å². The lowest BCUT2D eigenvalue weighted by molar-refractivity contribution is -0.384. The van der Waals surface area contributed by atoms with Gasteiger partial charge in [0.2, 0.25) is 5.91 Å². The molecule has 0 radical (unpaired) electrons. The van der Waals surface area contributed by atoms with E-state index in [4.69, 9.17) is 14.2 Å². The normalized spacial score (nSPS) is 12.1. The van der Waals surface area contributed by atoms with Crippen molar-refractivity contribution >= 4 is 23.7 Å². The molecule has 0 heterocycles. The van der Waals surface area contributed by atoms with Crippen LogP contribution in [0.5, 0.6) is 5.75 Å². The predicted molar refractivity (Wildman–Crippen MR) is 118 cm³/mol. The van der Waals surface area contributed by atoms with Crippen LogP contribution in [0.25, 0.3) is 0 Å². The molecule has 182 valence electrons. The number of hydrogen-bond acceptors (Lipinski definition) is 9. The molecule has 12 heteroatoms. The van der Waals surface area contributed by atoms with Crippen LogP contribution in [0.4, 0.5) is 10.5 Å². The van der Waals surface area contributed by atoms with E-state index in [1.54, 1.807) is 30.3 Å². The summed E-state index contributed by atoms with van der Waals surface area (Å²) < 4.78 is 14.9. The molecular formula is C22H25N3O9. The Morgan fingerprint density at radius 1 is 1.06 bits per heavy atom. The van der Waals surface area contributed by atoms with Crippen LogP contribution in [0, 0.1) is 10.1 Å². The molecule has 0 unspecified atom stereocenters. The van der Waals surface area contributed by atoms with Gasteiger partial charge in [0.25, 0.3) is 5.69 Å². The number of aliphatic hydroxyl groups is 1. The predicted octanol–water partition coefficient (Wildman–Crippen LogP) is 1.09. The molecule has 3 N–H and O–H groups in total. The second kappa shape index (κ2) is 12.7. The molecule has 0 fully saturated rings. The number of non-ortho nitro benzene ring substituents is 1. The van der Waals surface area contributed by atoms with Gasteiger partial charge in [-0.25, -0.2) is 9.59 Å². The number of aliphatic hydroxyl groups excluding tert-OH is 1. The molecule has 2 amide bonds. The molecule has 2 rings (SSSR count). The Bertz CT molecular complexity index is 1010. The largest absolute Gasteiger partial charge is 0.496 e. The van der Waals surface area contributed by atoms with Crippen LogP contribution in [-0.4, -0.2) is 60.9 Å². The lowest BCUT2D eigenvalue weighted by Gasteiger charge is -2.21. The van der Waals surface area contributed by atoms with Gasteiger partial charge in [-0.1, -0.05) is 30.3 Å². The summed E-state index contributed by atoms with van der Waals surface area (Å²) in [5, 5.41) is 25.3. The average molecular weight is 475 g/mol. The first-order chi connectivity index (χ1) is 16.3. The zero-order valence-corrected chi connectivity index (χ0v) is 18.6. The fourth-order valence-electron chi connectivity index (χ4n) is 2.97. The van der Waals surface area contributed by atoms with Gasteiger partial charge in [-0.2, -0.15) is 0 Å². The number of amides is 2. The monoisotopic (exact) mass is 475 g/mol. The Balaban J connectivity index is 2.08. The SMILES string of the molecule is COC(=O)[C@@H](Cc1cc([N+](=O)[O-])ccc1OC)NC(=O)[C@H](CO)NC(=O)OCc1ccccc1. The molecule has 0 saturated carbocycles. The smallest absolute Gasteiger partial charge is 0.408 e. The van der Waals surface area contributed by atoms with Gasteiger partial charge in [0.05, 0.1) is 25.7 Å². The zero-order valence-electron chi connectivity index (χ0n) is 18.6. The highest BCUT2D eigenvalue weighted by Crippen LogP contribution is 2.25. The quantitative estimate of drug-likeness (QED) is 0.245. The summed E-state index contributed by atoms with van der Waals surface area (Å²) >= 11 is 0.